The van der Waals surface area contributed by atoms with Crippen LogP contribution >= 0.6 is 0 Å². The molecule has 3 heterocycles. The van der Waals surface area contributed by atoms with Crippen molar-refractivity contribution in [1.29, 1.82) is 0 Å². The number of rotatable bonds is 3. The van der Waals surface area contributed by atoms with Crippen molar-refractivity contribution in [2.24, 2.45) is 0 Å². The topological polar surface area (TPSA) is 41.4 Å². The highest BCUT2D eigenvalue weighted by Crippen LogP contribution is 2.31. The van der Waals surface area contributed by atoms with Crippen LogP contribution in [0.1, 0.15) is 38.6 Å². The van der Waals surface area contributed by atoms with Crippen molar-refractivity contribution in [2.75, 3.05) is 20.1 Å². The van der Waals surface area contributed by atoms with E-state index in [0.717, 1.165) is 37.0 Å². The van der Waals surface area contributed by atoms with Crippen LogP contribution in [-0.4, -0.2) is 57.5 Å². The maximum atomic E-state index is 13.2. The van der Waals surface area contributed by atoms with Gasteiger partial charge in [0.15, 0.2) is 0 Å². The van der Waals surface area contributed by atoms with Crippen molar-refractivity contribution in [3.63, 3.8) is 0 Å². The lowest BCUT2D eigenvalue weighted by atomic mass is 10.0. The zero-order chi connectivity index (χ0) is 16.7. The number of para-hydroxylation sites is 2. The molecule has 0 unspecified atom stereocenters. The van der Waals surface area contributed by atoms with Gasteiger partial charge < -0.3 is 14.4 Å². The third-order valence-corrected chi connectivity index (χ3v) is 5.86. The largest absolute Gasteiger partial charge is 0.336 e. The predicted molar refractivity (Wildman–Crippen MR) is 94.8 cm³/mol. The van der Waals surface area contributed by atoms with E-state index in [1.54, 1.807) is 6.33 Å². The summed E-state index contributed by atoms with van der Waals surface area (Å²) in [5, 5.41) is 0. The van der Waals surface area contributed by atoms with Gasteiger partial charge in [-0.1, -0.05) is 12.1 Å². The Kier molecular flexibility index (Phi) is 4.04. The number of hydrogen-bond acceptors (Lipinski definition) is 3. The molecule has 24 heavy (non-hydrogen) atoms. The molecule has 0 spiro atoms. The number of aromatic nitrogens is 2. The first-order chi connectivity index (χ1) is 11.7. The summed E-state index contributed by atoms with van der Waals surface area (Å²) in [5.74, 6) is 0.237. The standard InChI is InChI=1S/C19H26N4O/c1-14(23-13-20-15-7-3-4-8-16(15)23)19(24)22-12-6-10-18(22)17-9-5-11-21(17)2/h3-4,7-8,13-14,17-18H,5-6,9-12H2,1-2H3/t14-,17-,18+/m1/s1. The monoisotopic (exact) mass is 326 g/mol. The highest BCUT2D eigenvalue weighted by molar-refractivity contribution is 5.84. The SMILES string of the molecule is C[C@H](C(=O)N1CCC[C@H]1[C@H]1CCCN1C)n1cnc2ccccc21. The number of likely N-dealkylation sites (N-methyl/N-ethyl adjacent to an activating group) is 1. The number of benzene rings is 1. The molecule has 128 valence electrons. The summed E-state index contributed by atoms with van der Waals surface area (Å²) >= 11 is 0. The van der Waals surface area contributed by atoms with Crippen LogP contribution in [0.2, 0.25) is 0 Å². The van der Waals surface area contributed by atoms with Gasteiger partial charge in [-0.05, 0) is 58.3 Å². The molecule has 5 nitrogen and oxygen atoms in total. The summed E-state index contributed by atoms with van der Waals surface area (Å²) in [6.07, 6.45) is 6.53. The van der Waals surface area contributed by atoms with Crippen LogP contribution in [0.5, 0.6) is 0 Å². The van der Waals surface area contributed by atoms with Crippen molar-refractivity contribution < 1.29 is 4.79 Å². The second-order valence-corrected chi connectivity index (χ2v) is 7.25. The van der Waals surface area contributed by atoms with Gasteiger partial charge in [-0.3, -0.25) is 4.79 Å². The minimum atomic E-state index is -0.204. The van der Waals surface area contributed by atoms with E-state index < -0.39 is 0 Å². The number of likely N-dealkylation sites (tertiary alicyclic amines) is 2. The van der Waals surface area contributed by atoms with Crippen molar-refractivity contribution in [2.45, 2.75) is 50.7 Å². The fourth-order valence-corrected chi connectivity index (χ4v) is 4.53. The maximum Gasteiger partial charge on any atom is 0.245 e. The first-order valence-corrected chi connectivity index (χ1v) is 9.09. The third kappa shape index (κ3) is 2.51. The first-order valence-electron chi connectivity index (χ1n) is 9.09. The molecule has 4 rings (SSSR count). The molecule has 0 N–H and O–H groups in total. The summed E-state index contributed by atoms with van der Waals surface area (Å²) < 4.78 is 2.02. The van der Waals surface area contributed by atoms with Crippen LogP contribution in [0.15, 0.2) is 30.6 Å². The highest BCUT2D eigenvalue weighted by atomic mass is 16.2. The summed E-state index contributed by atoms with van der Waals surface area (Å²) in [6, 6.07) is 8.73. The Morgan fingerprint density at radius 3 is 2.71 bits per heavy atom. The van der Waals surface area contributed by atoms with Crippen molar-refractivity contribution in [3.05, 3.63) is 30.6 Å². The fourth-order valence-electron chi connectivity index (χ4n) is 4.53. The van der Waals surface area contributed by atoms with Crippen LogP contribution in [0.3, 0.4) is 0 Å². The van der Waals surface area contributed by atoms with E-state index in [4.69, 9.17) is 0 Å². The third-order valence-electron chi connectivity index (χ3n) is 5.86. The average molecular weight is 326 g/mol. The van der Waals surface area contributed by atoms with Crippen LogP contribution in [0, 0.1) is 0 Å². The summed E-state index contributed by atoms with van der Waals surface area (Å²) in [4.78, 5) is 22.2. The van der Waals surface area contributed by atoms with E-state index >= 15 is 0 Å². The van der Waals surface area contributed by atoms with Gasteiger partial charge in [0, 0.05) is 18.6 Å². The molecule has 2 aromatic rings. The molecule has 2 aliphatic heterocycles. The highest BCUT2D eigenvalue weighted by Gasteiger charge is 2.39. The molecule has 0 radical (unpaired) electrons. The Labute approximate surface area is 143 Å². The molecule has 1 amide bonds. The average Bonchev–Trinajstić information content (AvgIpc) is 3.31. The molecule has 2 saturated heterocycles. The Hall–Kier alpha value is -1.88. The van der Waals surface area contributed by atoms with Crippen LogP contribution in [0.25, 0.3) is 11.0 Å². The molecular formula is C19H26N4O. The van der Waals surface area contributed by atoms with E-state index in [0.29, 0.717) is 12.1 Å². The summed E-state index contributed by atoms with van der Waals surface area (Å²) in [7, 11) is 2.20. The summed E-state index contributed by atoms with van der Waals surface area (Å²) in [5.41, 5.74) is 1.98. The maximum absolute atomic E-state index is 13.2. The van der Waals surface area contributed by atoms with E-state index in [1.807, 2.05) is 35.8 Å². The number of imidazole rings is 1. The second kappa shape index (κ2) is 6.20. The zero-order valence-electron chi connectivity index (χ0n) is 14.6. The van der Waals surface area contributed by atoms with E-state index in [-0.39, 0.29) is 11.9 Å². The lowest BCUT2D eigenvalue weighted by Crippen LogP contribution is -2.48. The Balaban J connectivity index is 1.58. The fraction of sp³-hybridized carbons (Fsp3) is 0.579. The van der Waals surface area contributed by atoms with Gasteiger partial charge in [-0.15, -0.1) is 0 Å². The molecule has 0 bridgehead atoms. The molecule has 1 aromatic heterocycles. The number of nitrogens with zero attached hydrogens (tertiary/aromatic N) is 4. The molecule has 0 aliphatic carbocycles. The van der Waals surface area contributed by atoms with Gasteiger partial charge >= 0.3 is 0 Å². The van der Waals surface area contributed by atoms with Crippen LogP contribution in [0.4, 0.5) is 0 Å². The second-order valence-electron chi connectivity index (χ2n) is 7.25. The van der Waals surface area contributed by atoms with Crippen LogP contribution < -0.4 is 0 Å². The number of hydrogen-bond donors (Lipinski definition) is 0. The van der Waals surface area contributed by atoms with Gasteiger partial charge in [0.25, 0.3) is 0 Å². The molecule has 1 aromatic carbocycles. The smallest absolute Gasteiger partial charge is 0.245 e. The van der Waals surface area contributed by atoms with Crippen molar-refractivity contribution >= 4 is 16.9 Å². The van der Waals surface area contributed by atoms with Crippen molar-refractivity contribution in [1.82, 2.24) is 19.4 Å². The quantitative estimate of drug-likeness (QED) is 0.871. The van der Waals surface area contributed by atoms with Gasteiger partial charge in [-0.2, -0.15) is 0 Å². The van der Waals surface area contributed by atoms with Crippen molar-refractivity contribution in [3.8, 4) is 0 Å². The molecule has 0 saturated carbocycles. The predicted octanol–water partition coefficient (Wildman–Crippen LogP) is 2.68. The lowest BCUT2D eigenvalue weighted by molar-refractivity contribution is -0.136. The van der Waals surface area contributed by atoms with Gasteiger partial charge in [0.05, 0.1) is 17.4 Å². The Bertz CT molecular complexity index is 740. The van der Waals surface area contributed by atoms with E-state index in [9.17, 15) is 4.79 Å². The van der Waals surface area contributed by atoms with Crippen LogP contribution in [-0.2, 0) is 4.79 Å². The number of fused-ring (bicyclic) bond motifs is 1. The molecule has 3 atom stereocenters. The molecule has 5 heteroatoms. The van der Waals surface area contributed by atoms with Gasteiger partial charge in [0.1, 0.15) is 6.04 Å². The Morgan fingerprint density at radius 2 is 1.92 bits per heavy atom. The van der Waals surface area contributed by atoms with Gasteiger partial charge in [-0.25, -0.2) is 4.98 Å². The number of carbonyl (C=O) groups is 1. The summed E-state index contributed by atoms with van der Waals surface area (Å²) in [6.45, 7) is 4.06. The number of carbonyl (C=O) groups excluding carboxylic acids is 1. The number of amides is 1. The Morgan fingerprint density at radius 1 is 1.17 bits per heavy atom. The van der Waals surface area contributed by atoms with Gasteiger partial charge in [0.2, 0.25) is 5.91 Å². The zero-order valence-corrected chi connectivity index (χ0v) is 14.6. The minimum Gasteiger partial charge on any atom is -0.336 e. The molecular weight excluding hydrogens is 300 g/mol. The normalized spacial score (nSPS) is 26.3. The molecule has 2 fully saturated rings. The van der Waals surface area contributed by atoms with E-state index in [2.05, 4.69) is 21.8 Å². The minimum absolute atomic E-state index is 0.204. The molecule has 2 aliphatic rings. The lowest BCUT2D eigenvalue weighted by Gasteiger charge is -2.34. The first kappa shape index (κ1) is 15.6. The van der Waals surface area contributed by atoms with E-state index in [1.165, 1.54) is 12.8 Å².